The second kappa shape index (κ2) is 8.65. The molecular weight excluding hydrogens is 438 g/mol. The summed E-state index contributed by atoms with van der Waals surface area (Å²) in [6.07, 6.45) is 0. The van der Waals surface area contributed by atoms with Gasteiger partial charge in [-0.25, -0.2) is 4.90 Å². The third-order valence-electron chi connectivity index (χ3n) is 6.91. The molecule has 0 saturated carbocycles. The molecule has 0 aliphatic carbocycles. The van der Waals surface area contributed by atoms with E-state index >= 15 is 0 Å². The number of nitrogens with one attached hydrogen (secondary N) is 2. The molecule has 174 valence electrons. The summed E-state index contributed by atoms with van der Waals surface area (Å²) in [5, 5.41) is 8.43. The van der Waals surface area contributed by atoms with Gasteiger partial charge in [-0.3, -0.25) is 9.59 Å². The minimum Gasteiger partial charge on any atom is -0.434 e. The smallest absolute Gasteiger partial charge is 0.327 e. The first kappa shape index (κ1) is 21.5. The molecule has 0 radical (unpaired) electrons. The number of fused-ring (bicyclic) bond motifs is 2. The number of carbonyl (C=O) groups excluding carboxylic acids is 2. The first-order valence-corrected chi connectivity index (χ1v) is 11.8. The van der Waals surface area contributed by atoms with Crippen molar-refractivity contribution in [2.75, 3.05) is 18.4 Å². The predicted molar refractivity (Wildman–Crippen MR) is 135 cm³/mol. The number of esters is 1. The van der Waals surface area contributed by atoms with Gasteiger partial charge in [0.1, 0.15) is 12.1 Å². The first-order chi connectivity index (χ1) is 17.2. The molecule has 6 nitrogen and oxygen atoms in total. The monoisotopic (exact) mass is 463 g/mol. The summed E-state index contributed by atoms with van der Waals surface area (Å²) in [5.74, 6) is -0.527. The number of ether oxygens (including phenoxy) is 1. The standard InChI is InChI=1S/C29H25N3O3/c33-27(31-24-17-9-11-20-10-7-8-16-23(20)24)25-18-30-19-26-28(34)35-29(32(25)26,21-12-3-1-4-13-21)22-14-5-2-6-15-22/h1-17,25-26,30H,18-19H2,(H,31,33). The van der Waals surface area contributed by atoms with Crippen LogP contribution in [-0.2, 0) is 20.1 Å². The fourth-order valence-electron chi connectivity index (χ4n) is 5.35. The minimum absolute atomic E-state index is 0.187. The zero-order chi connectivity index (χ0) is 23.8. The molecule has 6 rings (SSSR count). The molecule has 2 fully saturated rings. The molecule has 2 atom stereocenters. The van der Waals surface area contributed by atoms with E-state index in [0.717, 1.165) is 27.6 Å². The Kier molecular flexibility index (Phi) is 5.32. The van der Waals surface area contributed by atoms with Gasteiger partial charge in [0.05, 0.1) is 0 Å². The van der Waals surface area contributed by atoms with Gasteiger partial charge in [-0.15, -0.1) is 0 Å². The lowest BCUT2D eigenvalue weighted by Crippen LogP contribution is -2.65. The Morgan fingerprint density at radius 2 is 1.46 bits per heavy atom. The van der Waals surface area contributed by atoms with Gasteiger partial charge in [0.15, 0.2) is 0 Å². The largest absolute Gasteiger partial charge is 0.434 e. The van der Waals surface area contributed by atoms with Crippen molar-refractivity contribution in [2.45, 2.75) is 17.8 Å². The van der Waals surface area contributed by atoms with Gasteiger partial charge in [0.25, 0.3) is 0 Å². The van der Waals surface area contributed by atoms with Gasteiger partial charge in [-0.05, 0) is 11.5 Å². The zero-order valence-corrected chi connectivity index (χ0v) is 19.1. The van der Waals surface area contributed by atoms with Gasteiger partial charge >= 0.3 is 5.97 Å². The molecule has 0 bridgehead atoms. The second-order valence-corrected chi connectivity index (χ2v) is 8.91. The van der Waals surface area contributed by atoms with E-state index in [1.54, 1.807) is 0 Å². The summed E-state index contributed by atoms with van der Waals surface area (Å²) < 4.78 is 6.24. The van der Waals surface area contributed by atoms with Crippen molar-refractivity contribution in [3.8, 4) is 0 Å². The third kappa shape index (κ3) is 3.50. The molecule has 0 aromatic heterocycles. The average Bonchev–Trinajstić information content (AvgIpc) is 3.23. The maximum Gasteiger partial charge on any atom is 0.327 e. The van der Waals surface area contributed by atoms with Crippen LogP contribution in [0.15, 0.2) is 103 Å². The van der Waals surface area contributed by atoms with Crippen molar-refractivity contribution in [2.24, 2.45) is 0 Å². The van der Waals surface area contributed by atoms with Crippen LogP contribution >= 0.6 is 0 Å². The van der Waals surface area contributed by atoms with Crippen molar-refractivity contribution in [1.29, 1.82) is 0 Å². The normalized spacial score (nSPS) is 21.3. The molecule has 2 N–H and O–H groups in total. The summed E-state index contributed by atoms with van der Waals surface area (Å²) in [7, 11) is 0. The average molecular weight is 464 g/mol. The highest BCUT2D eigenvalue weighted by molar-refractivity contribution is 6.04. The Morgan fingerprint density at radius 3 is 2.17 bits per heavy atom. The van der Waals surface area contributed by atoms with Crippen LogP contribution in [0.1, 0.15) is 11.1 Å². The summed E-state index contributed by atoms with van der Waals surface area (Å²) in [6.45, 7) is 0.809. The van der Waals surface area contributed by atoms with E-state index in [-0.39, 0.29) is 11.9 Å². The summed E-state index contributed by atoms with van der Waals surface area (Å²) >= 11 is 0. The number of piperazine rings is 1. The van der Waals surface area contributed by atoms with E-state index in [1.165, 1.54) is 0 Å². The van der Waals surface area contributed by atoms with Gasteiger partial charge in [0.2, 0.25) is 11.6 Å². The van der Waals surface area contributed by atoms with E-state index in [2.05, 4.69) is 10.6 Å². The Bertz CT molecular complexity index is 1350. The van der Waals surface area contributed by atoms with Crippen LogP contribution < -0.4 is 10.6 Å². The van der Waals surface area contributed by atoms with Crippen molar-refractivity contribution < 1.29 is 14.3 Å². The fourth-order valence-corrected chi connectivity index (χ4v) is 5.35. The molecule has 2 saturated heterocycles. The summed E-state index contributed by atoms with van der Waals surface area (Å²) in [6, 6.07) is 31.9. The lowest BCUT2D eigenvalue weighted by molar-refractivity contribution is -0.152. The summed E-state index contributed by atoms with van der Waals surface area (Å²) in [5.41, 5.74) is 1.16. The molecule has 2 unspecified atom stereocenters. The number of benzene rings is 4. The van der Waals surface area contributed by atoms with Crippen LogP contribution in [0, 0.1) is 0 Å². The SMILES string of the molecule is O=C(Nc1cccc2ccccc12)C1CNCC2C(=O)OC(c3ccccc3)(c3ccccc3)N12. The van der Waals surface area contributed by atoms with Crippen LogP contribution in [-0.4, -0.2) is 41.9 Å². The lowest BCUT2D eigenvalue weighted by atomic mass is 9.90. The van der Waals surface area contributed by atoms with Gasteiger partial charge in [0, 0.05) is 35.3 Å². The number of nitrogens with zero attached hydrogens (tertiary/aromatic N) is 1. The Hall–Kier alpha value is -4.00. The Labute approximate surface area is 203 Å². The van der Waals surface area contributed by atoms with E-state index in [1.807, 2.05) is 108 Å². The predicted octanol–water partition coefficient (Wildman–Crippen LogP) is 3.88. The number of amides is 1. The molecule has 0 spiro atoms. The van der Waals surface area contributed by atoms with Crippen LogP contribution in [0.5, 0.6) is 0 Å². The molecular formula is C29H25N3O3. The van der Waals surface area contributed by atoms with Crippen molar-refractivity contribution in [3.05, 3.63) is 114 Å². The van der Waals surface area contributed by atoms with Crippen molar-refractivity contribution in [1.82, 2.24) is 10.2 Å². The number of anilines is 1. The second-order valence-electron chi connectivity index (χ2n) is 8.91. The number of rotatable bonds is 4. The van der Waals surface area contributed by atoms with Gasteiger partial charge < -0.3 is 15.4 Å². The van der Waals surface area contributed by atoms with E-state index < -0.39 is 17.8 Å². The summed E-state index contributed by atoms with van der Waals surface area (Å²) in [4.78, 5) is 29.0. The minimum atomic E-state index is -1.20. The zero-order valence-electron chi connectivity index (χ0n) is 19.1. The van der Waals surface area contributed by atoms with Crippen molar-refractivity contribution >= 4 is 28.3 Å². The fraction of sp³-hybridized carbons (Fsp3) is 0.172. The van der Waals surface area contributed by atoms with E-state index in [0.29, 0.717) is 13.1 Å². The number of cyclic esters (lactones) is 1. The molecule has 1 amide bonds. The van der Waals surface area contributed by atoms with E-state index in [9.17, 15) is 9.59 Å². The molecule has 2 heterocycles. The van der Waals surface area contributed by atoms with Crippen LogP contribution in [0.25, 0.3) is 10.8 Å². The third-order valence-corrected chi connectivity index (χ3v) is 6.91. The molecule has 2 aliphatic heterocycles. The number of carbonyl (C=O) groups is 2. The highest BCUT2D eigenvalue weighted by Gasteiger charge is 2.60. The molecule has 6 heteroatoms. The van der Waals surface area contributed by atoms with E-state index in [4.69, 9.17) is 4.74 Å². The maximum absolute atomic E-state index is 13.9. The Morgan fingerprint density at radius 1 is 0.829 bits per heavy atom. The van der Waals surface area contributed by atoms with Crippen LogP contribution in [0.2, 0.25) is 0 Å². The molecule has 35 heavy (non-hydrogen) atoms. The van der Waals surface area contributed by atoms with Gasteiger partial charge in [-0.1, -0.05) is 97.1 Å². The maximum atomic E-state index is 13.9. The van der Waals surface area contributed by atoms with Gasteiger partial charge in [-0.2, -0.15) is 0 Å². The molecule has 4 aromatic carbocycles. The number of hydrogen-bond donors (Lipinski definition) is 2. The molecule has 4 aromatic rings. The molecule has 2 aliphatic rings. The lowest BCUT2D eigenvalue weighted by Gasteiger charge is -2.44. The quantitative estimate of drug-likeness (QED) is 0.450. The Balaban J connectivity index is 1.45. The topological polar surface area (TPSA) is 70.7 Å². The van der Waals surface area contributed by atoms with Crippen molar-refractivity contribution in [3.63, 3.8) is 0 Å². The first-order valence-electron chi connectivity index (χ1n) is 11.8. The highest BCUT2D eigenvalue weighted by Crippen LogP contribution is 2.45. The van der Waals surface area contributed by atoms with Crippen LogP contribution in [0.3, 0.4) is 0 Å². The number of hydrogen-bond acceptors (Lipinski definition) is 5. The van der Waals surface area contributed by atoms with Crippen LogP contribution in [0.4, 0.5) is 5.69 Å². The highest BCUT2D eigenvalue weighted by atomic mass is 16.6.